The van der Waals surface area contributed by atoms with Crippen molar-refractivity contribution in [2.75, 3.05) is 18.1 Å². The molecule has 0 spiro atoms. The summed E-state index contributed by atoms with van der Waals surface area (Å²) in [7, 11) is 1.63. The lowest BCUT2D eigenvalue weighted by Gasteiger charge is -2.12. The number of benzene rings is 1. The third-order valence-electron chi connectivity index (χ3n) is 3.81. The van der Waals surface area contributed by atoms with Gasteiger partial charge in [-0.3, -0.25) is 5.10 Å². The molecule has 8 heteroatoms. The van der Waals surface area contributed by atoms with E-state index in [0.717, 1.165) is 16.5 Å². The zero-order chi connectivity index (χ0) is 16.1. The Bertz CT molecular complexity index is 1050. The van der Waals surface area contributed by atoms with Gasteiger partial charge in [0.1, 0.15) is 5.82 Å². The van der Waals surface area contributed by atoms with Crippen molar-refractivity contribution in [2.24, 2.45) is 0 Å². The van der Waals surface area contributed by atoms with E-state index in [1.54, 1.807) is 30.0 Å². The number of nitrogens with one attached hydrogen (secondary N) is 2. The smallest absolute Gasteiger partial charge is 0.167 e. The van der Waals surface area contributed by atoms with E-state index in [-0.39, 0.29) is 5.02 Å². The lowest BCUT2D eigenvalue weighted by molar-refractivity contribution is 0.633. The van der Waals surface area contributed by atoms with Crippen LogP contribution in [0.15, 0.2) is 30.6 Å². The summed E-state index contributed by atoms with van der Waals surface area (Å²) in [5.41, 5.74) is 8.70. The highest BCUT2D eigenvalue weighted by molar-refractivity contribution is 6.36. The zero-order valence-electron chi connectivity index (χ0n) is 12.1. The van der Waals surface area contributed by atoms with Gasteiger partial charge in [0.25, 0.3) is 0 Å². The van der Waals surface area contributed by atoms with Gasteiger partial charge in [0.05, 0.1) is 27.9 Å². The number of nitrogens with zero attached hydrogens (tertiary/aromatic N) is 3. The number of pyridine rings is 1. The van der Waals surface area contributed by atoms with E-state index in [1.165, 1.54) is 0 Å². The molecule has 0 saturated heterocycles. The number of halogens is 2. The van der Waals surface area contributed by atoms with Crippen molar-refractivity contribution in [2.45, 2.75) is 0 Å². The van der Waals surface area contributed by atoms with Crippen LogP contribution in [-0.4, -0.2) is 26.9 Å². The monoisotopic (exact) mass is 330 g/mol. The minimum Gasteiger partial charge on any atom is -0.384 e. The fourth-order valence-electron chi connectivity index (χ4n) is 2.80. The van der Waals surface area contributed by atoms with Crippen LogP contribution in [0.2, 0.25) is 5.02 Å². The van der Waals surface area contributed by atoms with E-state index < -0.39 is 5.82 Å². The van der Waals surface area contributed by atoms with Crippen molar-refractivity contribution in [1.82, 2.24) is 19.8 Å². The molecular weight excluding hydrogens is 319 g/mol. The van der Waals surface area contributed by atoms with Gasteiger partial charge in [0, 0.05) is 30.3 Å². The number of aromatic nitrogens is 4. The number of nitrogen functional groups attached to an aromatic ring is 1. The highest BCUT2D eigenvalue weighted by Gasteiger charge is 2.20. The number of aromatic amines is 1. The molecule has 0 aliphatic carbocycles. The molecule has 0 unspecified atom stereocenters. The van der Waals surface area contributed by atoms with Gasteiger partial charge in [-0.1, -0.05) is 11.6 Å². The van der Waals surface area contributed by atoms with Crippen LogP contribution in [-0.2, 0) is 0 Å². The molecule has 0 radical (unpaired) electrons. The first-order valence-corrected chi connectivity index (χ1v) is 7.25. The number of nitrogens with two attached hydrogens (primary N) is 1. The first-order chi connectivity index (χ1) is 11.1. The van der Waals surface area contributed by atoms with Crippen molar-refractivity contribution in [1.29, 1.82) is 0 Å². The maximum atomic E-state index is 14.6. The van der Waals surface area contributed by atoms with Crippen LogP contribution in [0.25, 0.3) is 27.5 Å². The topological polar surface area (TPSA) is 84.0 Å². The van der Waals surface area contributed by atoms with Crippen LogP contribution in [0.1, 0.15) is 0 Å². The number of rotatable bonds is 2. The molecule has 0 bridgehead atoms. The average Bonchev–Trinajstić information content (AvgIpc) is 3.13. The lowest BCUT2D eigenvalue weighted by Crippen LogP contribution is -1.97. The van der Waals surface area contributed by atoms with Gasteiger partial charge in [0.2, 0.25) is 0 Å². The van der Waals surface area contributed by atoms with Gasteiger partial charge in [-0.2, -0.15) is 10.2 Å². The molecule has 0 aliphatic heterocycles. The average molecular weight is 331 g/mol. The van der Waals surface area contributed by atoms with Crippen LogP contribution < -0.4 is 11.1 Å². The Hall–Kier alpha value is -2.80. The minimum atomic E-state index is -0.520. The molecule has 0 saturated carbocycles. The Morgan fingerprint density at radius 1 is 1.39 bits per heavy atom. The number of anilines is 2. The summed E-state index contributed by atoms with van der Waals surface area (Å²) >= 11 is 6.30. The van der Waals surface area contributed by atoms with Crippen LogP contribution in [0.3, 0.4) is 0 Å². The maximum absolute atomic E-state index is 14.6. The molecule has 4 N–H and O–H groups in total. The van der Waals surface area contributed by atoms with E-state index >= 15 is 0 Å². The molecule has 0 aliphatic rings. The van der Waals surface area contributed by atoms with Crippen LogP contribution in [0, 0.1) is 5.82 Å². The molecular formula is C15H12ClFN6. The fourth-order valence-corrected chi connectivity index (χ4v) is 3.11. The summed E-state index contributed by atoms with van der Waals surface area (Å²) in [6, 6.07) is 5.41. The second-order valence-corrected chi connectivity index (χ2v) is 5.52. The molecule has 6 nitrogen and oxygen atoms in total. The van der Waals surface area contributed by atoms with Crippen molar-refractivity contribution >= 4 is 39.5 Å². The molecule has 4 rings (SSSR count). The quantitative estimate of drug-likeness (QED) is 0.526. The second-order valence-electron chi connectivity index (χ2n) is 5.14. The highest BCUT2D eigenvalue weighted by atomic mass is 35.5. The summed E-state index contributed by atoms with van der Waals surface area (Å²) in [6.45, 7) is 0. The summed E-state index contributed by atoms with van der Waals surface area (Å²) < 4.78 is 16.2. The number of hydrogen-bond acceptors (Lipinski definition) is 4. The SMILES string of the molecule is CNc1c(F)c(Cl)c(-c2ccn3nc(N)cc3c2)c2cn[nH]c12. The third-order valence-corrected chi connectivity index (χ3v) is 4.17. The predicted octanol–water partition coefficient (Wildman–Crippen LogP) is 3.29. The number of H-pyrrole nitrogens is 1. The molecule has 0 amide bonds. The number of fused-ring (bicyclic) bond motifs is 2. The van der Waals surface area contributed by atoms with Gasteiger partial charge in [0.15, 0.2) is 5.82 Å². The Kier molecular flexibility index (Phi) is 2.92. The van der Waals surface area contributed by atoms with Gasteiger partial charge in [-0.15, -0.1) is 0 Å². The van der Waals surface area contributed by atoms with E-state index in [9.17, 15) is 4.39 Å². The van der Waals surface area contributed by atoms with Crippen LogP contribution >= 0.6 is 11.6 Å². The Morgan fingerprint density at radius 2 is 2.22 bits per heavy atom. The Morgan fingerprint density at radius 3 is 3.00 bits per heavy atom. The molecule has 23 heavy (non-hydrogen) atoms. The molecule has 1 aromatic carbocycles. The zero-order valence-corrected chi connectivity index (χ0v) is 12.8. The lowest BCUT2D eigenvalue weighted by atomic mass is 10.0. The van der Waals surface area contributed by atoms with E-state index in [0.29, 0.717) is 22.6 Å². The summed E-state index contributed by atoms with van der Waals surface area (Å²) in [4.78, 5) is 0. The highest BCUT2D eigenvalue weighted by Crippen LogP contribution is 2.41. The standard InChI is InChI=1S/C15H12ClFN6/c1-19-15-13(17)12(16)11(9-6-20-21-14(9)15)7-2-3-23-8(4-7)5-10(18)22-23/h2-6,19H,1H3,(H2,18,22)(H,20,21). The van der Waals surface area contributed by atoms with Crippen LogP contribution in [0.5, 0.6) is 0 Å². The second kappa shape index (κ2) is 4.85. The predicted molar refractivity (Wildman–Crippen MR) is 89.2 cm³/mol. The number of hydrogen-bond donors (Lipinski definition) is 3. The van der Waals surface area contributed by atoms with E-state index in [2.05, 4.69) is 20.6 Å². The molecule has 3 aromatic heterocycles. The molecule has 0 fully saturated rings. The fraction of sp³-hybridized carbons (Fsp3) is 0.0667. The summed E-state index contributed by atoms with van der Waals surface area (Å²) in [5.74, 6) is -0.104. The van der Waals surface area contributed by atoms with Gasteiger partial charge in [-0.25, -0.2) is 8.91 Å². The Balaban J connectivity index is 2.07. The van der Waals surface area contributed by atoms with Gasteiger partial charge >= 0.3 is 0 Å². The maximum Gasteiger partial charge on any atom is 0.167 e. The molecule has 3 heterocycles. The van der Waals surface area contributed by atoms with E-state index in [1.807, 2.05) is 12.1 Å². The third kappa shape index (κ3) is 1.93. The molecule has 116 valence electrons. The summed E-state index contributed by atoms with van der Waals surface area (Å²) in [5, 5.41) is 14.5. The van der Waals surface area contributed by atoms with Gasteiger partial charge < -0.3 is 11.1 Å². The van der Waals surface area contributed by atoms with Crippen molar-refractivity contribution < 1.29 is 4.39 Å². The molecule has 4 aromatic rings. The van der Waals surface area contributed by atoms with E-state index in [4.69, 9.17) is 17.3 Å². The van der Waals surface area contributed by atoms with Gasteiger partial charge in [-0.05, 0) is 17.7 Å². The minimum absolute atomic E-state index is 0.0417. The van der Waals surface area contributed by atoms with Crippen molar-refractivity contribution in [3.05, 3.63) is 41.4 Å². The van der Waals surface area contributed by atoms with Crippen LogP contribution in [0.4, 0.5) is 15.9 Å². The van der Waals surface area contributed by atoms with Crippen molar-refractivity contribution in [3.8, 4) is 11.1 Å². The largest absolute Gasteiger partial charge is 0.384 e. The summed E-state index contributed by atoms with van der Waals surface area (Å²) in [6.07, 6.45) is 3.39. The molecule has 0 atom stereocenters. The normalized spacial score (nSPS) is 11.4. The first kappa shape index (κ1) is 13.8. The first-order valence-electron chi connectivity index (χ1n) is 6.87. The van der Waals surface area contributed by atoms with Crippen molar-refractivity contribution in [3.63, 3.8) is 0 Å². The Labute approximate surface area is 135 Å².